The molecule has 0 atom stereocenters. The van der Waals surface area contributed by atoms with E-state index < -0.39 is 10.0 Å². The minimum absolute atomic E-state index is 0.193. The fourth-order valence-electron chi connectivity index (χ4n) is 1.69. The van der Waals surface area contributed by atoms with Gasteiger partial charge in [0.15, 0.2) is 0 Å². The van der Waals surface area contributed by atoms with Crippen LogP contribution in [0.2, 0.25) is 0 Å². The van der Waals surface area contributed by atoms with Gasteiger partial charge in [-0.15, -0.1) is 0 Å². The molecule has 3 N–H and O–H groups in total. The molecule has 0 bridgehead atoms. The van der Waals surface area contributed by atoms with Gasteiger partial charge in [0, 0.05) is 32.4 Å². The number of ether oxygens (including phenoxy) is 2. The van der Waals surface area contributed by atoms with Crippen molar-refractivity contribution >= 4 is 10.0 Å². The highest BCUT2D eigenvalue weighted by Gasteiger charge is 2.15. The molecule has 0 heterocycles. The number of hydrogen-bond donors (Lipinski definition) is 2. The second-order valence-electron chi connectivity index (χ2n) is 4.15. The fraction of sp³-hybridized carbons (Fsp3) is 0.538. The van der Waals surface area contributed by atoms with E-state index in [-0.39, 0.29) is 11.4 Å². The molecule has 0 aliphatic heterocycles. The third-order valence-electron chi connectivity index (χ3n) is 2.68. The first kappa shape index (κ1) is 16.9. The average Bonchev–Trinajstić information content (AvgIpc) is 2.44. The molecule has 0 fully saturated rings. The van der Waals surface area contributed by atoms with Crippen molar-refractivity contribution in [3.8, 4) is 5.75 Å². The molecule has 114 valence electrons. The maximum Gasteiger partial charge on any atom is 0.240 e. The van der Waals surface area contributed by atoms with E-state index in [1.807, 2.05) is 6.92 Å². The number of methoxy groups -OCH3 is 1. The van der Waals surface area contributed by atoms with Crippen LogP contribution >= 0.6 is 0 Å². The van der Waals surface area contributed by atoms with Crippen molar-refractivity contribution in [1.29, 1.82) is 0 Å². The van der Waals surface area contributed by atoms with Gasteiger partial charge >= 0.3 is 0 Å². The van der Waals surface area contributed by atoms with Crippen molar-refractivity contribution in [3.63, 3.8) is 0 Å². The molecule has 0 saturated heterocycles. The molecule has 6 nitrogen and oxygen atoms in total. The molecule has 0 aliphatic rings. The van der Waals surface area contributed by atoms with E-state index >= 15 is 0 Å². The van der Waals surface area contributed by atoms with Crippen LogP contribution in [0.3, 0.4) is 0 Å². The van der Waals surface area contributed by atoms with Crippen LogP contribution in [0.1, 0.15) is 18.9 Å². The summed E-state index contributed by atoms with van der Waals surface area (Å²) >= 11 is 0. The molecule has 1 aromatic carbocycles. The largest absolute Gasteiger partial charge is 0.494 e. The molecule has 20 heavy (non-hydrogen) atoms. The van der Waals surface area contributed by atoms with Crippen molar-refractivity contribution in [2.45, 2.75) is 24.8 Å². The normalized spacial score (nSPS) is 11.6. The van der Waals surface area contributed by atoms with Crippen molar-refractivity contribution in [1.82, 2.24) is 4.72 Å². The summed E-state index contributed by atoms with van der Waals surface area (Å²) in [5.74, 6) is 0.619. The maximum atomic E-state index is 12.1. The van der Waals surface area contributed by atoms with Crippen molar-refractivity contribution in [2.24, 2.45) is 5.73 Å². The van der Waals surface area contributed by atoms with Gasteiger partial charge in [0.25, 0.3) is 0 Å². The Balaban J connectivity index is 2.84. The van der Waals surface area contributed by atoms with Crippen molar-refractivity contribution in [3.05, 3.63) is 23.8 Å². The summed E-state index contributed by atoms with van der Waals surface area (Å²) < 4.78 is 37.0. The lowest BCUT2D eigenvalue weighted by atomic mass is 10.2. The molecule has 1 aromatic rings. The Morgan fingerprint density at radius 3 is 2.70 bits per heavy atom. The van der Waals surface area contributed by atoms with Gasteiger partial charge in [0.05, 0.1) is 11.5 Å². The molecule has 0 radical (unpaired) electrons. The summed E-state index contributed by atoms with van der Waals surface area (Å²) in [7, 11) is -1.94. The standard InChI is InChI=1S/C13H22N2O4S/c1-3-19-13-6-5-12(9-11(13)10-14)20(16,17)15-7-4-8-18-2/h5-6,9,15H,3-4,7-8,10,14H2,1-2H3. The lowest BCUT2D eigenvalue weighted by molar-refractivity contribution is 0.196. The molecule has 0 unspecified atom stereocenters. The van der Waals surface area contributed by atoms with E-state index in [2.05, 4.69) is 4.72 Å². The van der Waals surface area contributed by atoms with Gasteiger partial charge in [-0.25, -0.2) is 13.1 Å². The van der Waals surface area contributed by atoms with E-state index in [4.69, 9.17) is 15.2 Å². The van der Waals surface area contributed by atoms with Gasteiger partial charge < -0.3 is 15.2 Å². The first-order valence-electron chi connectivity index (χ1n) is 6.49. The van der Waals surface area contributed by atoms with E-state index in [0.717, 1.165) is 0 Å². The van der Waals surface area contributed by atoms with Crippen molar-refractivity contribution < 1.29 is 17.9 Å². The molecular formula is C13H22N2O4S. The molecule has 0 amide bonds. The van der Waals surface area contributed by atoms with E-state index in [1.165, 1.54) is 6.07 Å². The number of rotatable bonds is 9. The minimum atomic E-state index is -3.52. The fourth-order valence-corrected chi connectivity index (χ4v) is 2.81. The zero-order chi connectivity index (χ0) is 15.0. The third kappa shape index (κ3) is 4.75. The first-order chi connectivity index (χ1) is 9.55. The van der Waals surface area contributed by atoms with E-state index in [9.17, 15) is 8.42 Å². The average molecular weight is 302 g/mol. The topological polar surface area (TPSA) is 90.7 Å². The zero-order valence-corrected chi connectivity index (χ0v) is 12.7. The molecule has 0 aliphatic carbocycles. The summed E-state index contributed by atoms with van der Waals surface area (Å²) in [6, 6.07) is 4.70. The first-order valence-corrected chi connectivity index (χ1v) is 7.97. The van der Waals surface area contributed by atoms with Crippen LogP contribution in [-0.4, -0.2) is 35.3 Å². The predicted octanol–water partition coefficient (Wildman–Crippen LogP) is 0.859. The second-order valence-corrected chi connectivity index (χ2v) is 5.92. The summed E-state index contributed by atoms with van der Waals surface area (Å²) in [5.41, 5.74) is 6.29. The van der Waals surface area contributed by atoms with Crippen LogP contribution in [0.4, 0.5) is 0 Å². The van der Waals surface area contributed by atoms with Crippen LogP contribution in [0.5, 0.6) is 5.75 Å². The maximum absolute atomic E-state index is 12.1. The third-order valence-corrected chi connectivity index (χ3v) is 4.14. The number of benzene rings is 1. The highest BCUT2D eigenvalue weighted by atomic mass is 32.2. The van der Waals surface area contributed by atoms with E-state index in [1.54, 1.807) is 19.2 Å². The van der Waals surface area contributed by atoms with Crippen LogP contribution < -0.4 is 15.2 Å². The SMILES string of the molecule is CCOc1ccc(S(=O)(=O)NCCCOC)cc1CN. The monoisotopic (exact) mass is 302 g/mol. The van der Waals surface area contributed by atoms with Gasteiger partial charge in [-0.1, -0.05) is 0 Å². The Labute approximate surface area is 120 Å². The molecule has 0 spiro atoms. The lowest BCUT2D eigenvalue weighted by Crippen LogP contribution is -2.25. The van der Waals surface area contributed by atoms with Gasteiger partial charge in [0.2, 0.25) is 10.0 Å². The summed E-state index contributed by atoms with van der Waals surface area (Å²) in [4.78, 5) is 0.193. The van der Waals surface area contributed by atoms with Crippen LogP contribution in [0.15, 0.2) is 23.1 Å². The van der Waals surface area contributed by atoms with Gasteiger partial charge in [-0.2, -0.15) is 0 Å². The molecule has 7 heteroatoms. The zero-order valence-electron chi connectivity index (χ0n) is 11.9. The quantitative estimate of drug-likeness (QED) is 0.660. The highest BCUT2D eigenvalue weighted by molar-refractivity contribution is 7.89. The van der Waals surface area contributed by atoms with Crippen molar-refractivity contribution in [2.75, 3.05) is 26.9 Å². The summed E-state index contributed by atoms with van der Waals surface area (Å²) in [6.07, 6.45) is 0.622. The van der Waals surface area contributed by atoms with Crippen LogP contribution in [0, 0.1) is 0 Å². The Morgan fingerprint density at radius 1 is 1.35 bits per heavy atom. The smallest absolute Gasteiger partial charge is 0.240 e. The van der Waals surface area contributed by atoms with Crippen LogP contribution in [0.25, 0.3) is 0 Å². The molecular weight excluding hydrogens is 280 g/mol. The minimum Gasteiger partial charge on any atom is -0.494 e. The Bertz CT molecular complexity index is 517. The predicted molar refractivity (Wildman–Crippen MR) is 77.2 cm³/mol. The Morgan fingerprint density at radius 2 is 2.10 bits per heavy atom. The van der Waals surface area contributed by atoms with Gasteiger partial charge in [-0.05, 0) is 31.5 Å². The molecule has 0 saturated carbocycles. The number of nitrogens with two attached hydrogens (primary N) is 1. The molecule has 1 rings (SSSR count). The van der Waals surface area contributed by atoms with Crippen LogP contribution in [-0.2, 0) is 21.3 Å². The van der Waals surface area contributed by atoms with Gasteiger partial charge in [0.1, 0.15) is 5.75 Å². The number of nitrogens with one attached hydrogen (secondary N) is 1. The number of sulfonamides is 1. The Hall–Kier alpha value is -1.15. The summed E-state index contributed by atoms with van der Waals surface area (Å²) in [5, 5.41) is 0. The van der Waals surface area contributed by atoms with Gasteiger partial charge in [-0.3, -0.25) is 0 Å². The lowest BCUT2D eigenvalue weighted by Gasteiger charge is -2.12. The molecule has 0 aromatic heterocycles. The second kappa shape index (κ2) is 8.21. The summed E-state index contributed by atoms with van der Waals surface area (Å²) in [6.45, 7) is 3.44. The Kier molecular flexibility index (Phi) is 6.94. The van der Waals surface area contributed by atoms with E-state index in [0.29, 0.717) is 37.5 Å². The highest BCUT2D eigenvalue weighted by Crippen LogP contribution is 2.22. The number of hydrogen-bond acceptors (Lipinski definition) is 5.